The Hall–Kier alpha value is -1.32. The van der Waals surface area contributed by atoms with Crippen LogP contribution < -0.4 is 10.1 Å². The molecule has 2 nitrogen and oxygen atoms in total. The van der Waals surface area contributed by atoms with Crippen LogP contribution in [0.1, 0.15) is 30.5 Å². The molecule has 0 spiro atoms. The van der Waals surface area contributed by atoms with Crippen molar-refractivity contribution in [2.24, 2.45) is 0 Å². The van der Waals surface area contributed by atoms with Gasteiger partial charge >= 0.3 is 0 Å². The van der Waals surface area contributed by atoms with Crippen LogP contribution in [-0.2, 0) is 19.5 Å². The van der Waals surface area contributed by atoms with Crippen LogP contribution in [0.4, 0.5) is 0 Å². The molecule has 0 aromatic heterocycles. The van der Waals surface area contributed by atoms with E-state index in [2.05, 4.69) is 71.5 Å². The maximum Gasteiger partial charge on any atom is 0.123 e. The van der Waals surface area contributed by atoms with Gasteiger partial charge in [-0.05, 0) is 48.7 Å². The van der Waals surface area contributed by atoms with Crippen LogP contribution in [0.3, 0.4) is 0 Å². The number of hydrogen-bond acceptors (Lipinski definition) is 2. The fourth-order valence-corrected chi connectivity index (χ4v) is 3.22. The first-order valence-corrected chi connectivity index (χ1v) is 8.07. The van der Waals surface area contributed by atoms with Crippen molar-refractivity contribution < 1.29 is 4.74 Å². The van der Waals surface area contributed by atoms with E-state index in [0.29, 0.717) is 0 Å². The molecule has 0 amide bonds. The Balaban J connectivity index is 1.60. The average Bonchev–Trinajstić information content (AvgIpc) is 2.72. The second-order valence-corrected chi connectivity index (χ2v) is 7.13. The van der Waals surface area contributed by atoms with E-state index in [4.69, 9.17) is 4.74 Å². The summed E-state index contributed by atoms with van der Waals surface area (Å²) in [6, 6.07) is 14.9. The summed E-state index contributed by atoms with van der Waals surface area (Å²) in [5.41, 5.74) is 3.85. The van der Waals surface area contributed by atoms with Gasteiger partial charge in [-0.15, -0.1) is 0 Å². The molecule has 0 saturated heterocycles. The number of halogens is 1. The topological polar surface area (TPSA) is 21.3 Å². The molecule has 0 bridgehead atoms. The summed E-state index contributed by atoms with van der Waals surface area (Å²) in [5.74, 6) is 1.04. The molecule has 0 aliphatic carbocycles. The normalized spacial score (nSPS) is 15.6. The van der Waals surface area contributed by atoms with Crippen LogP contribution >= 0.6 is 15.9 Å². The summed E-state index contributed by atoms with van der Waals surface area (Å²) in [7, 11) is 0. The second-order valence-electron chi connectivity index (χ2n) is 6.21. The Morgan fingerprint density at radius 1 is 1.10 bits per heavy atom. The van der Waals surface area contributed by atoms with E-state index < -0.39 is 0 Å². The highest BCUT2D eigenvalue weighted by Gasteiger charge is 2.29. The lowest BCUT2D eigenvalue weighted by molar-refractivity contribution is 0.138. The molecule has 1 heterocycles. The Morgan fingerprint density at radius 2 is 1.86 bits per heavy atom. The highest BCUT2D eigenvalue weighted by Crippen LogP contribution is 2.35. The molecule has 3 heteroatoms. The Morgan fingerprint density at radius 3 is 2.62 bits per heavy atom. The number of fused-ring (bicyclic) bond motifs is 1. The van der Waals surface area contributed by atoms with Crippen molar-refractivity contribution in [1.82, 2.24) is 5.32 Å². The van der Waals surface area contributed by atoms with Gasteiger partial charge in [0, 0.05) is 24.0 Å². The number of nitrogens with one attached hydrogen (secondary N) is 1. The minimum Gasteiger partial charge on any atom is -0.487 e. The van der Waals surface area contributed by atoms with Gasteiger partial charge in [0.2, 0.25) is 0 Å². The highest BCUT2D eigenvalue weighted by molar-refractivity contribution is 9.10. The van der Waals surface area contributed by atoms with Gasteiger partial charge in [0.05, 0.1) is 0 Å². The van der Waals surface area contributed by atoms with E-state index >= 15 is 0 Å². The lowest BCUT2D eigenvalue weighted by atomic mass is 10.0. The van der Waals surface area contributed by atoms with Gasteiger partial charge in [-0.25, -0.2) is 0 Å². The zero-order chi connectivity index (χ0) is 14.9. The zero-order valence-corrected chi connectivity index (χ0v) is 14.0. The third-order valence-corrected chi connectivity index (χ3v) is 4.17. The fourth-order valence-electron chi connectivity index (χ4n) is 2.77. The molecule has 2 aromatic rings. The largest absolute Gasteiger partial charge is 0.487 e. The predicted molar refractivity (Wildman–Crippen MR) is 89.5 cm³/mol. The number of hydrogen-bond donors (Lipinski definition) is 1. The first kappa shape index (κ1) is 14.6. The number of ether oxygens (including phenoxy) is 1. The van der Waals surface area contributed by atoms with Crippen LogP contribution in [0.25, 0.3) is 0 Å². The van der Waals surface area contributed by atoms with E-state index in [1.807, 2.05) is 6.07 Å². The quantitative estimate of drug-likeness (QED) is 0.883. The van der Waals surface area contributed by atoms with Gasteiger partial charge in [-0.2, -0.15) is 0 Å². The van der Waals surface area contributed by atoms with Crippen LogP contribution in [0.2, 0.25) is 0 Å². The van der Waals surface area contributed by atoms with E-state index in [9.17, 15) is 0 Å². The van der Waals surface area contributed by atoms with Crippen molar-refractivity contribution in [3.63, 3.8) is 0 Å². The first-order chi connectivity index (χ1) is 10.0. The van der Waals surface area contributed by atoms with Crippen molar-refractivity contribution >= 4 is 15.9 Å². The molecular formula is C18H20BrNO. The molecule has 110 valence electrons. The Bertz CT molecular complexity index is 651. The van der Waals surface area contributed by atoms with Gasteiger partial charge < -0.3 is 10.1 Å². The molecule has 3 rings (SSSR count). The molecule has 0 radical (unpaired) electrons. The van der Waals surface area contributed by atoms with E-state index in [1.165, 1.54) is 16.7 Å². The lowest BCUT2D eigenvalue weighted by Crippen LogP contribution is -2.24. The second kappa shape index (κ2) is 5.82. The van der Waals surface area contributed by atoms with Crippen molar-refractivity contribution in [1.29, 1.82) is 0 Å². The minimum absolute atomic E-state index is 0.0648. The average molecular weight is 346 g/mol. The number of rotatable bonds is 4. The van der Waals surface area contributed by atoms with Gasteiger partial charge in [-0.3, -0.25) is 0 Å². The number of benzene rings is 2. The smallest absolute Gasteiger partial charge is 0.123 e. The Labute approximate surface area is 134 Å². The molecule has 0 saturated carbocycles. The van der Waals surface area contributed by atoms with Crippen molar-refractivity contribution in [3.8, 4) is 5.75 Å². The highest BCUT2D eigenvalue weighted by atomic mass is 79.9. The van der Waals surface area contributed by atoms with Crippen LogP contribution in [0.15, 0.2) is 46.9 Å². The standard InChI is InChI=1S/C18H20BrNO/c1-18(2)10-15-8-14(6-7-17(15)21-18)12-20-11-13-4-3-5-16(19)9-13/h3-9,20H,10-12H2,1-2H3. The van der Waals surface area contributed by atoms with Crippen molar-refractivity contribution in [2.75, 3.05) is 0 Å². The van der Waals surface area contributed by atoms with Gasteiger partial charge in [-0.1, -0.05) is 40.2 Å². The maximum absolute atomic E-state index is 5.91. The predicted octanol–water partition coefficient (Wildman–Crippen LogP) is 4.45. The molecule has 1 aliphatic heterocycles. The van der Waals surface area contributed by atoms with Gasteiger partial charge in [0.1, 0.15) is 11.4 Å². The van der Waals surface area contributed by atoms with E-state index in [1.54, 1.807) is 0 Å². The first-order valence-electron chi connectivity index (χ1n) is 7.28. The summed E-state index contributed by atoms with van der Waals surface area (Å²) < 4.78 is 7.03. The summed E-state index contributed by atoms with van der Waals surface area (Å²) >= 11 is 3.50. The molecule has 2 aromatic carbocycles. The molecule has 0 fully saturated rings. The maximum atomic E-state index is 5.91. The zero-order valence-electron chi connectivity index (χ0n) is 12.4. The molecule has 21 heavy (non-hydrogen) atoms. The monoisotopic (exact) mass is 345 g/mol. The molecule has 1 N–H and O–H groups in total. The van der Waals surface area contributed by atoms with Crippen molar-refractivity contribution in [2.45, 2.75) is 39.0 Å². The van der Waals surface area contributed by atoms with Gasteiger partial charge in [0.15, 0.2) is 0 Å². The molecule has 0 unspecified atom stereocenters. The summed E-state index contributed by atoms with van der Waals surface area (Å²) in [5, 5.41) is 3.50. The third kappa shape index (κ3) is 3.66. The van der Waals surface area contributed by atoms with E-state index in [0.717, 1.165) is 29.7 Å². The summed E-state index contributed by atoms with van der Waals surface area (Å²) in [6.45, 7) is 6.02. The van der Waals surface area contributed by atoms with Gasteiger partial charge in [0.25, 0.3) is 0 Å². The van der Waals surface area contributed by atoms with E-state index in [-0.39, 0.29) is 5.60 Å². The minimum atomic E-state index is -0.0648. The third-order valence-electron chi connectivity index (χ3n) is 3.67. The summed E-state index contributed by atoms with van der Waals surface area (Å²) in [6.07, 6.45) is 0.988. The van der Waals surface area contributed by atoms with Crippen LogP contribution in [-0.4, -0.2) is 5.60 Å². The molecule has 1 aliphatic rings. The fraction of sp³-hybridized carbons (Fsp3) is 0.333. The molecular weight excluding hydrogens is 326 g/mol. The lowest BCUT2D eigenvalue weighted by Gasteiger charge is -2.16. The van der Waals surface area contributed by atoms with Crippen molar-refractivity contribution in [3.05, 3.63) is 63.6 Å². The summed E-state index contributed by atoms with van der Waals surface area (Å²) in [4.78, 5) is 0. The Kier molecular flexibility index (Phi) is 4.05. The van der Waals surface area contributed by atoms with Crippen LogP contribution in [0, 0.1) is 0 Å². The molecule has 0 atom stereocenters. The van der Waals surface area contributed by atoms with Crippen LogP contribution in [0.5, 0.6) is 5.75 Å². The SMILES string of the molecule is CC1(C)Cc2cc(CNCc3cccc(Br)c3)ccc2O1.